The number of aromatic nitrogens is 2. The normalized spacial score (nSPS) is 19.2. The van der Waals surface area contributed by atoms with Gasteiger partial charge in [0.05, 0.1) is 30.4 Å². The Kier molecular flexibility index (Phi) is 5.87. The first-order valence-electron chi connectivity index (χ1n) is 10.6. The van der Waals surface area contributed by atoms with Crippen LogP contribution in [-0.2, 0) is 12.1 Å². The third kappa shape index (κ3) is 4.11. The Labute approximate surface area is 177 Å². The van der Waals surface area contributed by atoms with E-state index in [1.54, 1.807) is 4.90 Å². The number of benzene rings is 1. The monoisotopic (exact) mass is 410 g/mol. The lowest BCUT2D eigenvalue weighted by Crippen LogP contribution is -2.47. The van der Waals surface area contributed by atoms with E-state index >= 15 is 0 Å². The van der Waals surface area contributed by atoms with E-state index in [-0.39, 0.29) is 12.6 Å². The summed E-state index contributed by atoms with van der Waals surface area (Å²) < 4.78 is 0. The highest BCUT2D eigenvalue weighted by molar-refractivity contribution is 5.77. The second-order valence-corrected chi connectivity index (χ2v) is 8.46. The first-order chi connectivity index (χ1) is 14.5. The third-order valence-electron chi connectivity index (χ3n) is 6.11. The summed E-state index contributed by atoms with van der Waals surface area (Å²) in [6, 6.07) is 9.18. The van der Waals surface area contributed by atoms with Gasteiger partial charge in [-0.1, -0.05) is 30.3 Å². The Hall–Kier alpha value is -2.71. The molecule has 0 unspecified atom stereocenters. The van der Waals surface area contributed by atoms with Crippen LogP contribution in [0.2, 0.25) is 0 Å². The summed E-state index contributed by atoms with van der Waals surface area (Å²) >= 11 is 0. The topological polar surface area (TPSA) is 102 Å². The zero-order chi connectivity index (χ0) is 21.1. The zero-order valence-electron chi connectivity index (χ0n) is 17.6. The van der Waals surface area contributed by atoms with E-state index in [1.807, 2.05) is 50.4 Å². The third-order valence-corrected chi connectivity index (χ3v) is 6.11. The molecule has 0 bridgehead atoms. The fraction of sp³-hybridized carbons (Fsp3) is 0.500. The quantitative estimate of drug-likeness (QED) is 0.602. The average molecular weight is 411 g/mol. The van der Waals surface area contributed by atoms with Crippen molar-refractivity contribution < 1.29 is 9.90 Å². The Balaban J connectivity index is 1.48. The Bertz CT molecular complexity index is 882. The first-order valence-corrected chi connectivity index (χ1v) is 10.6. The van der Waals surface area contributed by atoms with E-state index in [0.717, 1.165) is 42.8 Å². The van der Waals surface area contributed by atoms with Gasteiger partial charge in [-0.25, -0.2) is 14.8 Å². The average Bonchev–Trinajstić information content (AvgIpc) is 3.03. The van der Waals surface area contributed by atoms with Crippen LogP contribution in [0.1, 0.15) is 49.6 Å². The molecule has 160 valence electrons. The summed E-state index contributed by atoms with van der Waals surface area (Å²) in [6.45, 7) is 6.23. The van der Waals surface area contributed by atoms with Crippen LogP contribution in [0.3, 0.4) is 0 Å². The number of aliphatic hydroxyl groups excluding tert-OH is 1. The van der Waals surface area contributed by atoms with Crippen LogP contribution in [0.4, 0.5) is 10.7 Å². The number of fused-ring (bicyclic) bond motifs is 1. The van der Waals surface area contributed by atoms with Gasteiger partial charge in [0.2, 0.25) is 5.95 Å². The van der Waals surface area contributed by atoms with Gasteiger partial charge in [-0.05, 0) is 45.3 Å². The van der Waals surface area contributed by atoms with Crippen LogP contribution in [-0.4, -0.2) is 51.7 Å². The Morgan fingerprint density at radius 2 is 2.03 bits per heavy atom. The lowest BCUT2D eigenvalue weighted by atomic mass is 9.97. The van der Waals surface area contributed by atoms with Crippen molar-refractivity contribution in [2.24, 2.45) is 0 Å². The molecule has 4 N–H and O–H groups in total. The van der Waals surface area contributed by atoms with Crippen LogP contribution in [0.25, 0.3) is 0 Å². The van der Waals surface area contributed by atoms with Gasteiger partial charge in [0, 0.05) is 17.8 Å². The van der Waals surface area contributed by atoms with Crippen molar-refractivity contribution in [3.05, 3.63) is 53.3 Å². The van der Waals surface area contributed by atoms with Crippen LogP contribution >= 0.6 is 0 Å². The molecular weight excluding hydrogens is 380 g/mol. The summed E-state index contributed by atoms with van der Waals surface area (Å²) in [5.74, 6) is 0.622. The van der Waals surface area contributed by atoms with Crippen molar-refractivity contribution in [1.29, 1.82) is 0 Å². The molecule has 0 saturated carbocycles. The second-order valence-electron chi connectivity index (χ2n) is 8.46. The van der Waals surface area contributed by atoms with E-state index < -0.39 is 11.6 Å². The van der Waals surface area contributed by atoms with Gasteiger partial charge in [-0.3, -0.25) is 0 Å². The molecule has 2 aliphatic heterocycles. The molecule has 2 aliphatic rings. The number of anilines is 1. The van der Waals surface area contributed by atoms with Gasteiger partial charge >= 0.3 is 6.03 Å². The molecule has 1 saturated heterocycles. The summed E-state index contributed by atoms with van der Waals surface area (Å²) in [7, 11) is 0. The molecule has 2 amide bonds. The fourth-order valence-electron chi connectivity index (χ4n) is 4.23. The number of carbonyl (C=O) groups excluding carboxylic acids is 1. The van der Waals surface area contributed by atoms with Crippen molar-refractivity contribution in [1.82, 2.24) is 25.5 Å². The van der Waals surface area contributed by atoms with Crippen molar-refractivity contribution in [2.75, 3.05) is 25.0 Å². The van der Waals surface area contributed by atoms with Crippen LogP contribution in [0.5, 0.6) is 0 Å². The molecule has 30 heavy (non-hydrogen) atoms. The Morgan fingerprint density at radius 1 is 1.30 bits per heavy atom. The van der Waals surface area contributed by atoms with Crippen LogP contribution < -0.4 is 16.0 Å². The maximum absolute atomic E-state index is 13.1. The minimum atomic E-state index is -0.538. The SMILES string of the molecule is CC1(C)c2cnc(NC3CCNCC3)nc2CN1C(=O)N[C@H](CO)c1ccccc1. The number of amides is 2. The summed E-state index contributed by atoms with van der Waals surface area (Å²) in [5, 5.41) is 19.5. The van der Waals surface area contributed by atoms with Gasteiger partial charge in [0.15, 0.2) is 0 Å². The first kappa shape index (κ1) is 20.6. The predicted octanol–water partition coefficient (Wildman–Crippen LogP) is 2.13. The lowest BCUT2D eigenvalue weighted by molar-refractivity contribution is 0.136. The molecule has 0 aliphatic carbocycles. The zero-order valence-corrected chi connectivity index (χ0v) is 17.6. The van der Waals surface area contributed by atoms with Crippen molar-refractivity contribution >= 4 is 12.0 Å². The minimum Gasteiger partial charge on any atom is -0.394 e. The highest BCUT2D eigenvalue weighted by Gasteiger charge is 2.42. The molecule has 0 radical (unpaired) electrons. The van der Waals surface area contributed by atoms with Crippen LogP contribution in [0, 0.1) is 0 Å². The predicted molar refractivity (Wildman–Crippen MR) is 115 cm³/mol. The summed E-state index contributed by atoms with van der Waals surface area (Å²) in [4.78, 5) is 24.1. The van der Waals surface area contributed by atoms with E-state index in [9.17, 15) is 9.90 Å². The molecule has 1 aromatic carbocycles. The van der Waals surface area contributed by atoms with Crippen LogP contribution in [0.15, 0.2) is 36.5 Å². The molecule has 8 nitrogen and oxygen atoms in total. The van der Waals surface area contributed by atoms with E-state index in [0.29, 0.717) is 18.5 Å². The number of rotatable bonds is 5. The lowest BCUT2D eigenvalue weighted by Gasteiger charge is -2.33. The number of piperidine rings is 1. The van der Waals surface area contributed by atoms with Gasteiger partial charge in [0.1, 0.15) is 0 Å². The standard InChI is InChI=1S/C22H30N6O2/c1-22(2)17-12-24-20(25-16-8-10-23-11-9-16)26-18(17)13-28(22)21(30)27-19(14-29)15-6-4-3-5-7-15/h3-7,12,16,19,23,29H,8-11,13-14H2,1-2H3,(H,27,30)(H,24,25,26)/t19-/m1/s1. The van der Waals surface area contributed by atoms with Gasteiger partial charge < -0.3 is 26.0 Å². The molecule has 3 heterocycles. The smallest absolute Gasteiger partial charge is 0.319 e. The van der Waals surface area contributed by atoms with Gasteiger partial charge in [-0.15, -0.1) is 0 Å². The number of carbonyl (C=O) groups is 1. The largest absolute Gasteiger partial charge is 0.394 e. The molecule has 1 fully saturated rings. The Morgan fingerprint density at radius 3 is 2.73 bits per heavy atom. The number of urea groups is 1. The number of nitrogens with zero attached hydrogens (tertiary/aromatic N) is 3. The maximum Gasteiger partial charge on any atom is 0.319 e. The minimum absolute atomic E-state index is 0.166. The van der Waals surface area contributed by atoms with E-state index in [1.165, 1.54) is 0 Å². The molecule has 1 atom stereocenters. The summed E-state index contributed by atoms with van der Waals surface area (Å²) in [5.41, 5.74) is 2.15. The molecule has 4 rings (SSSR count). The van der Waals surface area contributed by atoms with E-state index in [2.05, 4.69) is 20.9 Å². The molecule has 2 aromatic rings. The van der Waals surface area contributed by atoms with Crippen molar-refractivity contribution in [2.45, 2.75) is 50.9 Å². The second kappa shape index (κ2) is 8.57. The van der Waals surface area contributed by atoms with E-state index in [4.69, 9.17) is 4.98 Å². The number of aliphatic hydroxyl groups is 1. The number of hydrogen-bond acceptors (Lipinski definition) is 6. The van der Waals surface area contributed by atoms with Gasteiger partial charge in [-0.2, -0.15) is 0 Å². The molecule has 0 spiro atoms. The molecular formula is C22H30N6O2. The number of hydrogen-bond donors (Lipinski definition) is 4. The highest BCUT2D eigenvalue weighted by Crippen LogP contribution is 2.38. The fourth-order valence-corrected chi connectivity index (χ4v) is 4.23. The van der Waals surface area contributed by atoms with Crippen molar-refractivity contribution in [3.63, 3.8) is 0 Å². The highest BCUT2D eigenvalue weighted by atomic mass is 16.3. The summed E-state index contributed by atoms with van der Waals surface area (Å²) in [6.07, 6.45) is 3.92. The maximum atomic E-state index is 13.1. The van der Waals surface area contributed by atoms with Crippen molar-refractivity contribution in [3.8, 4) is 0 Å². The van der Waals surface area contributed by atoms with Gasteiger partial charge in [0.25, 0.3) is 0 Å². The number of nitrogens with one attached hydrogen (secondary N) is 3. The molecule has 1 aromatic heterocycles. The molecule has 8 heteroatoms.